The molecule has 0 aromatic carbocycles. The van der Waals surface area contributed by atoms with Crippen molar-refractivity contribution >= 4 is 17.8 Å². The van der Waals surface area contributed by atoms with E-state index >= 15 is 0 Å². The molecule has 0 spiro atoms. The van der Waals surface area contributed by atoms with Crippen LogP contribution in [0, 0.1) is 6.92 Å². The van der Waals surface area contributed by atoms with E-state index in [-0.39, 0.29) is 12.5 Å². The fourth-order valence-electron chi connectivity index (χ4n) is 2.05. The van der Waals surface area contributed by atoms with Gasteiger partial charge in [0.1, 0.15) is 11.4 Å². The number of amides is 3. The van der Waals surface area contributed by atoms with Crippen molar-refractivity contribution in [3.05, 3.63) is 17.6 Å². The summed E-state index contributed by atoms with van der Waals surface area (Å²) in [6.45, 7) is 5.36. The van der Waals surface area contributed by atoms with Gasteiger partial charge in [0.25, 0.3) is 5.91 Å². The first-order valence-electron chi connectivity index (χ1n) is 6.35. The topological polar surface area (TPSA) is 113 Å². The normalized spacial score (nSPS) is 22.1. The van der Waals surface area contributed by atoms with Crippen LogP contribution < -0.4 is 16.6 Å². The highest BCUT2D eigenvalue weighted by atomic mass is 16.2. The quantitative estimate of drug-likeness (QED) is 0.414. The van der Waals surface area contributed by atoms with Crippen LogP contribution in [0.1, 0.15) is 31.8 Å². The summed E-state index contributed by atoms with van der Waals surface area (Å²) in [6.07, 6.45) is 0.526. The first-order chi connectivity index (χ1) is 9.39. The van der Waals surface area contributed by atoms with E-state index in [2.05, 4.69) is 20.7 Å². The first kappa shape index (κ1) is 14.2. The zero-order valence-electron chi connectivity index (χ0n) is 11.7. The van der Waals surface area contributed by atoms with Gasteiger partial charge in [-0.05, 0) is 20.3 Å². The van der Waals surface area contributed by atoms with Gasteiger partial charge in [-0.2, -0.15) is 0 Å². The van der Waals surface area contributed by atoms with E-state index < -0.39 is 11.6 Å². The lowest BCUT2D eigenvalue weighted by molar-refractivity contribution is -0.131. The van der Waals surface area contributed by atoms with Crippen molar-refractivity contribution in [3.63, 3.8) is 0 Å². The monoisotopic (exact) mass is 278 g/mol. The van der Waals surface area contributed by atoms with Crippen LogP contribution in [0.4, 0.5) is 10.6 Å². The largest absolute Gasteiger partial charge is 0.325 e. The molecule has 1 atom stereocenters. The molecule has 1 aromatic heterocycles. The summed E-state index contributed by atoms with van der Waals surface area (Å²) in [6, 6.07) is 1.25. The summed E-state index contributed by atoms with van der Waals surface area (Å²) in [5, 5.41) is 2.68. The second-order valence-electron chi connectivity index (χ2n) is 4.96. The molecule has 2 rings (SSSR count). The van der Waals surface area contributed by atoms with Crippen LogP contribution in [-0.2, 0) is 11.3 Å². The lowest BCUT2D eigenvalue weighted by Gasteiger charge is -2.19. The number of hydrogen-bond acceptors (Lipinski definition) is 6. The van der Waals surface area contributed by atoms with E-state index in [1.165, 1.54) is 0 Å². The molecule has 3 amide bonds. The van der Waals surface area contributed by atoms with Gasteiger partial charge in [0.2, 0.25) is 0 Å². The Morgan fingerprint density at radius 2 is 2.15 bits per heavy atom. The third-order valence-electron chi connectivity index (χ3n) is 3.40. The molecule has 8 heteroatoms. The summed E-state index contributed by atoms with van der Waals surface area (Å²) in [4.78, 5) is 33.6. The summed E-state index contributed by atoms with van der Waals surface area (Å²) >= 11 is 0. The number of hydrogen-bond donors (Lipinski definition) is 3. The molecule has 1 unspecified atom stereocenters. The summed E-state index contributed by atoms with van der Waals surface area (Å²) in [7, 11) is 0. The molecule has 8 nitrogen and oxygen atoms in total. The van der Waals surface area contributed by atoms with Crippen molar-refractivity contribution in [2.75, 3.05) is 5.43 Å². The Balaban J connectivity index is 2.24. The number of imide groups is 1. The Morgan fingerprint density at radius 1 is 1.45 bits per heavy atom. The molecule has 1 aliphatic rings. The van der Waals surface area contributed by atoms with Gasteiger partial charge in [-0.3, -0.25) is 9.69 Å². The van der Waals surface area contributed by atoms with Crippen LogP contribution in [0.2, 0.25) is 0 Å². The van der Waals surface area contributed by atoms with Gasteiger partial charge < -0.3 is 10.7 Å². The standard InChI is InChI=1S/C12H18N6O2/c1-4-12(3)10(19)18(11(20)16-12)6-9-14-7(2)5-8(15-9)17-13/h5H,4,6,13H2,1-3H3,(H,16,20)(H,14,15,17). The van der Waals surface area contributed by atoms with Gasteiger partial charge in [-0.25, -0.2) is 20.6 Å². The predicted octanol–water partition coefficient (Wildman–Crippen LogP) is 0.291. The number of urea groups is 1. The number of rotatable bonds is 4. The molecule has 1 saturated heterocycles. The molecular formula is C12H18N6O2. The molecule has 108 valence electrons. The number of aromatic nitrogens is 2. The maximum atomic E-state index is 12.3. The van der Waals surface area contributed by atoms with Crippen LogP contribution in [-0.4, -0.2) is 32.3 Å². The maximum Gasteiger partial charge on any atom is 0.325 e. The SMILES string of the molecule is CCC1(C)NC(=O)N(Cc2nc(C)cc(NN)n2)C1=O. The van der Waals surface area contributed by atoms with Gasteiger partial charge in [-0.1, -0.05) is 6.92 Å². The van der Waals surface area contributed by atoms with Crippen LogP contribution in [0.15, 0.2) is 6.07 Å². The number of hydrazine groups is 1. The summed E-state index contributed by atoms with van der Waals surface area (Å²) in [5.41, 5.74) is 2.28. The van der Waals surface area contributed by atoms with E-state index in [9.17, 15) is 9.59 Å². The van der Waals surface area contributed by atoms with E-state index in [4.69, 9.17) is 5.84 Å². The molecule has 1 aliphatic heterocycles. The molecule has 1 aromatic rings. The average molecular weight is 278 g/mol. The summed E-state index contributed by atoms with van der Waals surface area (Å²) < 4.78 is 0. The van der Waals surface area contributed by atoms with Crippen molar-refractivity contribution in [1.29, 1.82) is 0 Å². The average Bonchev–Trinajstić information content (AvgIpc) is 2.62. The zero-order chi connectivity index (χ0) is 14.9. The van der Waals surface area contributed by atoms with Crippen molar-refractivity contribution < 1.29 is 9.59 Å². The van der Waals surface area contributed by atoms with Gasteiger partial charge in [0, 0.05) is 11.8 Å². The minimum Gasteiger partial charge on any atom is -0.323 e. The van der Waals surface area contributed by atoms with Crippen LogP contribution in [0.5, 0.6) is 0 Å². The highest BCUT2D eigenvalue weighted by Gasteiger charge is 2.46. The van der Waals surface area contributed by atoms with Gasteiger partial charge in [-0.15, -0.1) is 0 Å². The first-order valence-corrected chi connectivity index (χ1v) is 6.35. The lowest BCUT2D eigenvalue weighted by atomic mass is 9.99. The number of nitrogen functional groups attached to an aromatic ring is 1. The van der Waals surface area contributed by atoms with Crippen LogP contribution in [0.25, 0.3) is 0 Å². The minimum absolute atomic E-state index is 0.0244. The van der Waals surface area contributed by atoms with E-state index in [0.29, 0.717) is 23.8 Å². The number of aryl methyl sites for hydroxylation is 1. The van der Waals surface area contributed by atoms with Crippen molar-refractivity contribution in [3.8, 4) is 0 Å². The molecule has 4 N–H and O–H groups in total. The smallest absolute Gasteiger partial charge is 0.323 e. The Kier molecular flexibility index (Phi) is 3.58. The van der Waals surface area contributed by atoms with Gasteiger partial charge >= 0.3 is 6.03 Å². The number of anilines is 1. The minimum atomic E-state index is -0.851. The molecule has 0 aliphatic carbocycles. The second-order valence-corrected chi connectivity index (χ2v) is 4.96. The third kappa shape index (κ3) is 2.42. The number of nitrogens with one attached hydrogen (secondary N) is 2. The van der Waals surface area contributed by atoms with Gasteiger partial charge in [0.05, 0.1) is 6.54 Å². The Hall–Kier alpha value is -2.22. The van der Waals surface area contributed by atoms with E-state index in [0.717, 1.165) is 4.90 Å². The summed E-state index contributed by atoms with van der Waals surface area (Å²) in [5.74, 6) is 5.85. The number of nitrogens with zero attached hydrogens (tertiary/aromatic N) is 3. The number of nitrogens with two attached hydrogens (primary N) is 1. The number of carbonyl (C=O) groups is 2. The van der Waals surface area contributed by atoms with Crippen LogP contribution >= 0.6 is 0 Å². The van der Waals surface area contributed by atoms with Crippen molar-refractivity contribution in [1.82, 2.24) is 20.2 Å². The molecule has 20 heavy (non-hydrogen) atoms. The Morgan fingerprint density at radius 3 is 2.70 bits per heavy atom. The molecule has 2 heterocycles. The Bertz CT molecular complexity index is 561. The molecule has 0 saturated carbocycles. The Labute approximate surface area is 116 Å². The highest BCUT2D eigenvalue weighted by Crippen LogP contribution is 2.22. The van der Waals surface area contributed by atoms with Gasteiger partial charge in [0.15, 0.2) is 5.82 Å². The molecular weight excluding hydrogens is 260 g/mol. The maximum absolute atomic E-state index is 12.3. The fourth-order valence-corrected chi connectivity index (χ4v) is 2.05. The fraction of sp³-hybridized carbons (Fsp3) is 0.500. The molecule has 1 fully saturated rings. The van der Waals surface area contributed by atoms with E-state index in [1.807, 2.05) is 6.92 Å². The van der Waals surface area contributed by atoms with Crippen LogP contribution in [0.3, 0.4) is 0 Å². The second kappa shape index (κ2) is 5.04. The predicted molar refractivity (Wildman–Crippen MR) is 72.4 cm³/mol. The third-order valence-corrected chi connectivity index (χ3v) is 3.40. The lowest BCUT2D eigenvalue weighted by Crippen LogP contribution is -2.43. The van der Waals surface area contributed by atoms with Crippen molar-refractivity contribution in [2.24, 2.45) is 5.84 Å². The molecule has 0 bridgehead atoms. The van der Waals surface area contributed by atoms with E-state index in [1.54, 1.807) is 19.9 Å². The van der Waals surface area contributed by atoms with Crippen molar-refractivity contribution in [2.45, 2.75) is 39.3 Å². The molecule has 0 radical (unpaired) electrons. The zero-order valence-corrected chi connectivity index (χ0v) is 11.7. The number of carbonyl (C=O) groups excluding carboxylic acids is 2. The highest BCUT2D eigenvalue weighted by molar-refractivity contribution is 6.06.